The Morgan fingerprint density at radius 3 is 2.68 bits per heavy atom. The molecular weight excluding hydrogens is 312 g/mol. The summed E-state index contributed by atoms with van der Waals surface area (Å²) in [7, 11) is 0. The Hall–Kier alpha value is -0.830. The molecule has 0 saturated heterocycles. The first kappa shape index (κ1) is 17.6. The maximum atomic E-state index is 11.4. The third-order valence-corrected chi connectivity index (χ3v) is 8.91. The van der Waals surface area contributed by atoms with Gasteiger partial charge in [0.05, 0.1) is 12.7 Å². The normalized spacial score (nSPS) is 51.6. The summed E-state index contributed by atoms with van der Waals surface area (Å²) in [4.78, 5) is 11.4. The molecule has 0 aromatic heterocycles. The average Bonchev–Trinajstić information content (AvgIpc) is 2.68. The van der Waals surface area contributed by atoms with Gasteiger partial charge >= 0.3 is 5.97 Å². The summed E-state index contributed by atoms with van der Waals surface area (Å²) in [5, 5.41) is 11.1. The molecular formula is C22H34O3. The fourth-order valence-electron chi connectivity index (χ4n) is 7.97. The Morgan fingerprint density at radius 2 is 1.96 bits per heavy atom. The third kappa shape index (κ3) is 2.30. The Bertz CT molecular complexity index is 598. The molecule has 1 N–H and O–H groups in total. The highest BCUT2D eigenvalue weighted by molar-refractivity contribution is 5.65. The highest BCUT2D eigenvalue weighted by Gasteiger charge is 2.67. The van der Waals surface area contributed by atoms with Gasteiger partial charge < -0.3 is 9.84 Å². The van der Waals surface area contributed by atoms with Crippen LogP contribution >= 0.6 is 0 Å². The van der Waals surface area contributed by atoms with Crippen LogP contribution in [0.3, 0.4) is 0 Å². The predicted octanol–water partition coefficient (Wildman–Crippen LogP) is 4.49. The topological polar surface area (TPSA) is 46.5 Å². The first-order chi connectivity index (χ1) is 11.7. The van der Waals surface area contributed by atoms with E-state index in [4.69, 9.17) is 4.74 Å². The van der Waals surface area contributed by atoms with Gasteiger partial charge in [0.1, 0.15) is 0 Å². The van der Waals surface area contributed by atoms with Gasteiger partial charge in [-0.25, -0.2) is 0 Å². The predicted molar refractivity (Wildman–Crippen MR) is 97.8 cm³/mol. The molecule has 4 saturated carbocycles. The molecule has 1 spiro atoms. The lowest BCUT2D eigenvalue weighted by molar-refractivity contribution is -0.195. The van der Waals surface area contributed by atoms with Gasteiger partial charge in [-0.15, -0.1) is 0 Å². The van der Waals surface area contributed by atoms with Crippen LogP contribution in [0.15, 0.2) is 12.2 Å². The van der Waals surface area contributed by atoms with Crippen molar-refractivity contribution in [2.75, 3.05) is 6.61 Å². The van der Waals surface area contributed by atoms with Crippen LogP contribution in [-0.4, -0.2) is 23.8 Å². The Labute approximate surface area is 152 Å². The molecule has 0 radical (unpaired) electrons. The van der Waals surface area contributed by atoms with Crippen molar-refractivity contribution in [3.63, 3.8) is 0 Å². The minimum Gasteiger partial charge on any atom is -0.465 e. The van der Waals surface area contributed by atoms with Gasteiger partial charge in [-0.3, -0.25) is 4.79 Å². The zero-order valence-corrected chi connectivity index (χ0v) is 16.1. The molecule has 0 aromatic rings. The number of fused-ring (bicyclic) bond motifs is 3. The van der Waals surface area contributed by atoms with Crippen LogP contribution in [0.4, 0.5) is 0 Å². The lowest BCUT2D eigenvalue weighted by atomic mass is 9.40. The summed E-state index contributed by atoms with van der Waals surface area (Å²) in [5.41, 5.74) is 1.71. The van der Waals surface area contributed by atoms with Crippen molar-refractivity contribution in [2.24, 2.45) is 34.0 Å². The van der Waals surface area contributed by atoms with Gasteiger partial charge in [0.2, 0.25) is 0 Å². The standard InChI is InChI=1S/C22H34O3/c1-14-12-22-11-8-17-20(3,13-25-15(2)23)9-5-10-21(17,4)18(22)7-6-16(14)19(22)24/h16-19,24H,1,5-13H2,2-4H3/t16-,17+,18-,19+,20+,21+,22-/m0/s1. The first-order valence-electron chi connectivity index (χ1n) is 10.2. The van der Waals surface area contributed by atoms with E-state index in [1.165, 1.54) is 31.8 Å². The van der Waals surface area contributed by atoms with Gasteiger partial charge in [0.15, 0.2) is 0 Å². The van der Waals surface area contributed by atoms with Gasteiger partial charge in [-0.05, 0) is 62.2 Å². The number of hydrogen-bond acceptors (Lipinski definition) is 3. The van der Waals surface area contributed by atoms with Gasteiger partial charge in [-0.1, -0.05) is 32.4 Å². The van der Waals surface area contributed by atoms with E-state index in [2.05, 4.69) is 20.4 Å². The van der Waals surface area contributed by atoms with Crippen molar-refractivity contribution in [3.8, 4) is 0 Å². The van der Waals surface area contributed by atoms with Crippen LogP contribution in [-0.2, 0) is 9.53 Å². The minimum atomic E-state index is -0.182. The summed E-state index contributed by atoms with van der Waals surface area (Å²) < 4.78 is 5.51. The van der Waals surface area contributed by atoms with Crippen molar-refractivity contribution in [3.05, 3.63) is 12.2 Å². The number of hydrogen-bond donors (Lipinski definition) is 1. The SMILES string of the molecule is C=C1C[C@@]23CC[C@@H]4[C@@](C)(COC(C)=O)CCC[C@@]4(C)[C@@H]2CC[C@@H]1[C@H]3O. The Morgan fingerprint density at radius 1 is 1.20 bits per heavy atom. The zero-order valence-electron chi connectivity index (χ0n) is 16.1. The third-order valence-electron chi connectivity index (χ3n) is 8.91. The largest absolute Gasteiger partial charge is 0.465 e. The second-order valence-electron chi connectivity index (χ2n) is 10.1. The second kappa shape index (κ2) is 5.58. The number of ether oxygens (including phenoxy) is 1. The van der Waals surface area contributed by atoms with Crippen LogP contribution in [0.5, 0.6) is 0 Å². The molecule has 0 unspecified atom stereocenters. The fraction of sp³-hybridized carbons (Fsp3) is 0.864. The summed E-state index contributed by atoms with van der Waals surface area (Å²) in [6, 6.07) is 0. The molecule has 2 bridgehead atoms. The average molecular weight is 347 g/mol. The summed E-state index contributed by atoms with van der Waals surface area (Å²) in [5.74, 6) is 1.35. The molecule has 4 fully saturated rings. The van der Waals surface area contributed by atoms with Crippen molar-refractivity contribution in [2.45, 2.75) is 78.2 Å². The van der Waals surface area contributed by atoms with E-state index in [1.54, 1.807) is 0 Å². The molecule has 4 aliphatic carbocycles. The quantitative estimate of drug-likeness (QED) is 0.592. The van der Waals surface area contributed by atoms with E-state index in [9.17, 15) is 9.90 Å². The summed E-state index contributed by atoms with van der Waals surface area (Å²) in [6.07, 6.45) is 9.07. The van der Waals surface area contributed by atoms with Crippen LogP contribution < -0.4 is 0 Å². The molecule has 3 heteroatoms. The summed E-state index contributed by atoms with van der Waals surface area (Å²) in [6.45, 7) is 11.2. The molecule has 140 valence electrons. The fourth-order valence-corrected chi connectivity index (χ4v) is 7.97. The monoisotopic (exact) mass is 346 g/mol. The molecule has 7 atom stereocenters. The van der Waals surface area contributed by atoms with Crippen molar-refractivity contribution < 1.29 is 14.6 Å². The molecule has 0 amide bonds. The number of carbonyl (C=O) groups is 1. The number of aliphatic hydroxyl groups excluding tert-OH is 1. The number of rotatable bonds is 2. The van der Waals surface area contributed by atoms with Crippen LogP contribution in [0.1, 0.15) is 72.1 Å². The van der Waals surface area contributed by atoms with Gasteiger partial charge in [0.25, 0.3) is 0 Å². The molecule has 3 nitrogen and oxygen atoms in total. The maximum Gasteiger partial charge on any atom is 0.302 e. The highest BCUT2D eigenvalue weighted by atomic mass is 16.5. The molecule has 4 rings (SSSR count). The van der Waals surface area contributed by atoms with Gasteiger partial charge in [-0.2, -0.15) is 0 Å². The second-order valence-corrected chi connectivity index (χ2v) is 10.1. The smallest absolute Gasteiger partial charge is 0.302 e. The zero-order chi connectivity index (χ0) is 18.0. The van der Waals surface area contributed by atoms with Gasteiger partial charge in [0, 0.05) is 23.7 Å². The molecule has 4 aliphatic rings. The summed E-state index contributed by atoms with van der Waals surface area (Å²) >= 11 is 0. The number of aliphatic hydroxyl groups is 1. The maximum absolute atomic E-state index is 11.4. The van der Waals surface area contributed by atoms with E-state index in [1.807, 2.05) is 0 Å². The van der Waals surface area contributed by atoms with Crippen LogP contribution in [0.2, 0.25) is 0 Å². The van der Waals surface area contributed by atoms with Crippen molar-refractivity contribution >= 4 is 5.97 Å². The molecule has 0 aliphatic heterocycles. The highest BCUT2D eigenvalue weighted by Crippen LogP contribution is 2.72. The lowest BCUT2D eigenvalue weighted by Crippen LogP contribution is -2.60. The first-order valence-corrected chi connectivity index (χ1v) is 10.2. The minimum absolute atomic E-state index is 0.0743. The van der Waals surface area contributed by atoms with E-state index >= 15 is 0 Å². The molecule has 0 heterocycles. The van der Waals surface area contributed by atoms with Crippen molar-refractivity contribution in [1.82, 2.24) is 0 Å². The van der Waals surface area contributed by atoms with Crippen LogP contribution in [0.25, 0.3) is 0 Å². The Kier molecular flexibility index (Phi) is 3.92. The number of esters is 1. The molecule has 0 aromatic carbocycles. The van der Waals surface area contributed by atoms with E-state index in [0.717, 1.165) is 32.1 Å². The van der Waals surface area contributed by atoms with E-state index in [-0.39, 0.29) is 28.3 Å². The van der Waals surface area contributed by atoms with E-state index in [0.29, 0.717) is 24.4 Å². The van der Waals surface area contributed by atoms with Crippen LogP contribution in [0, 0.1) is 34.0 Å². The van der Waals surface area contributed by atoms with E-state index < -0.39 is 0 Å². The van der Waals surface area contributed by atoms with Crippen molar-refractivity contribution in [1.29, 1.82) is 0 Å². The Balaban J connectivity index is 1.67. The number of carbonyl (C=O) groups excluding carboxylic acids is 1. The lowest BCUT2D eigenvalue weighted by Gasteiger charge is -2.65. The molecule has 25 heavy (non-hydrogen) atoms.